The van der Waals surface area contributed by atoms with Gasteiger partial charge in [-0.05, 0) is 24.3 Å². The molecular formula is C12H7ClF3N. The average molecular weight is 258 g/mol. The first kappa shape index (κ1) is 11.9. The molecule has 0 aliphatic rings. The van der Waals surface area contributed by atoms with E-state index in [4.69, 9.17) is 11.6 Å². The van der Waals surface area contributed by atoms with E-state index in [-0.39, 0.29) is 0 Å². The topological polar surface area (TPSA) is 12.9 Å². The summed E-state index contributed by atoms with van der Waals surface area (Å²) in [6.07, 6.45) is -2.90. The lowest BCUT2D eigenvalue weighted by Crippen LogP contribution is -2.04. The zero-order valence-corrected chi connectivity index (χ0v) is 9.26. The number of pyridine rings is 1. The first-order valence-corrected chi connectivity index (χ1v) is 5.14. The molecule has 0 aliphatic heterocycles. The Morgan fingerprint density at radius 2 is 1.82 bits per heavy atom. The number of hydrogen-bond acceptors (Lipinski definition) is 1. The molecule has 0 amide bonds. The molecule has 0 saturated heterocycles. The Balaban J connectivity index is 2.47. The monoisotopic (exact) mass is 257 g/mol. The Morgan fingerprint density at radius 3 is 2.47 bits per heavy atom. The normalized spacial score (nSPS) is 11.5. The van der Waals surface area contributed by atoms with Gasteiger partial charge in [0.05, 0.1) is 11.3 Å². The van der Waals surface area contributed by atoms with Crippen LogP contribution in [0.4, 0.5) is 13.2 Å². The number of halogens is 4. The van der Waals surface area contributed by atoms with Crippen LogP contribution in [0.5, 0.6) is 0 Å². The average Bonchev–Trinajstić information content (AvgIpc) is 2.28. The molecule has 1 nitrogen and oxygen atoms in total. The minimum absolute atomic E-state index is 0.391. The lowest BCUT2D eigenvalue weighted by molar-refractivity contribution is -0.137. The molecule has 0 N–H and O–H groups in total. The molecule has 0 bridgehead atoms. The van der Waals surface area contributed by atoms with Gasteiger partial charge in [0, 0.05) is 16.8 Å². The second-order valence-corrected chi connectivity index (χ2v) is 3.87. The maximum absolute atomic E-state index is 12.5. The molecule has 5 heteroatoms. The molecule has 2 rings (SSSR count). The number of benzene rings is 1. The fraction of sp³-hybridized carbons (Fsp3) is 0.0833. The zero-order chi connectivity index (χ0) is 12.5. The SMILES string of the molecule is FC(F)(F)c1cccc(-c2cc(Cl)ccn2)c1. The van der Waals surface area contributed by atoms with Crippen LogP contribution in [-0.4, -0.2) is 4.98 Å². The highest BCUT2D eigenvalue weighted by molar-refractivity contribution is 6.30. The molecule has 88 valence electrons. The van der Waals surface area contributed by atoms with Crippen molar-refractivity contribution in [2.45, 2.75) is 6.18 Å². The van der Waals surface area contributed by atoms with Gasteiger partial charge in [-0.2, -0.15) is 13.2 Å². The molecule has 0 unspecified atom stereocenters. The van der Waals surface area contributed by atoms with Gasteiger partial charge in [-0.3, -0.25) is 4.98 Å². The molecule has 0 fully saturated rings. The predicted molar refractivity (Wildman–Crippen MR) is 59.7 cm³/mol. The molecule has 0 spiro atoms. The van der Waals surface area contributed by atoms with Crippen LogP contribution in [-0.2, 0) is 6.18 Å². The van der Waals surface area contributed by atoms with Gasteiger partial charge >= 0.3 is 6.18 Å². The van der Waals surface area contributed by atoms with Crippen molar-refractivity contribution in [1.82, 2.24) is 4.98 Å². The van der Waals surface area contributed by atoms with Crippen LogP contribution in [0.25, 0.3) is 11.3 Å². The van der Waals surface area contributed by atoms with Crippen molar-refractivity contribution in [2.75, 3.05) is 0 Å². The van der Waals surface area contributed by atoms with E-state index in [9.17, 15) is 13.2 Å². The summed E-state index contributed by atoms with van der Waals surface area (Å²) < 4.78 is 37.5. The van der Waals surface area contributed by atoms with Crippen molar-refractivity contribution >= 4 is 11.6 Å². The second kappa shape index (κ2) is 4.37. The largest absolute Gasteiger partial charge is 0.416 e. The molecule has 1 heterocycles. The van der Waals surface area contributed by atoms with Gasteiger partial charge in [-0.15, -0.1) is 0 Å². The summed E-state index contributed by atoms with van der Waals surface area (Å²) in [7, 11) is 0. The Bertz CT molecular complexity index is 537. The van der Waals surface area contributed by atoms with Crippen molar-refractivity contribution in [2.24, 2.45) is 0 Å². The number of aromatic nitrogens is 1. The Morgan fingerprint density at radius 1 is 1.06 bits per heavy atom. The lowest BCUT2D eigenvalue weighted by atomic mass is 10.1. The molecule has 0 aliphatic carbocycles. The van der Waals surface area contributed by atoms with E-state index in [0.717, 1.165) is 12.1 Å². The molecular weight excluding hydrogens is 251 g/mol. The summed E-state index contributed by atoms with van der Waals surface area (Å²) in [6.45, 7) is 0. The van der Waals surface area contributed by atoms with E-state index < -0.39 is 11.7 Å². The van der Waals surface area contributed by atoms with Gasteiger partial charge in [0.1, 0.15) is 0 Å². The van der Waals surface area contributed by atoms with Crippen molar-refractivity contribution in [1.29, 1.82) is 0 Å². The third-order valence-electron chi connectivity index (χ3n) is 2.21. The smallest absolute Gasteiger partial charge is 0.256 e. The van der Waals surface area contributed by atoms with E-state index in [0.29, 0.717) is 16.3 Å². The maximum Gasteiger partial charge on any atom is 0.416 e. The van der Waals surface area contributed by atoms with Crippen molar-refractivity contribution in [3.63, 3.8) is 0 Å². The fourth-order valence-corrected chi connectivity index (χ4v) is 1.58. The lowest BCUT2D eigenvalue weighted by Gasteiger charge is -2.08. The van der Waals surface area contributed by atoms with Gasteiger partial charge < -0.3 is 0 Å². The van der Waals surface area contributed by atoms with Crippen LogP contribution >= 0.6 is 11.6 Å². The zero-order valence-electron chi connectivity index (χ0n) is 8.50. The van der Waals surface area contributed by atoms with Crippen LogP contribution in [0.15, 0.2) is 42.6 Å². The molecule has 17 heavy (non-hydrogen) atoms. The van der Waals surface area contributed by atoms with E-state index in [1.165, 1.54) is 18.3 Å². The van der Waals surface area contributed by atoms with Gasteiger partial charge in [0.25, 0.3) is 0 Å². The minimum Gasteiger partial charge on any atom is -0.256 e. The van der Waals surface area contributed by atoms with Crippen LogP contribution in [0.2, 0.25) is 5.02 Å². The number of hydrogen-bond donors (Lipinski definition) is 0. The summed E-state index contributed by atoms with van der Waals surface area (Å²) in [6, 6.07) is 8.08. The second-order valence-electron chi connectivity index (χ2n) is 3.44. The van der Waals surface area contributed by atoms with E-state index in [1.807, 2.05) is 0 Å². The quantitative estimate of drug-likeness (QED) is 0.737. The Labute approximate surface area is 101 Å². The molecule has 1 aromatic carbocycles. The van der Waals surface area contributed by atoms with Crippen molar-refractivity contribution in [3.8, 4) is 11.3 Å². The standard InChI is InChI=1S/C12H7ClF3N/c13-10-4-5-17-11(7-10)8-2-1-3-9(6-8)12(14,15)16/h1-7H. The van der Waals surface area contributed by atoms with Crippen molar-refractivity contribution < 1.29 is 13.2 Å². The first-order valence-electron chi connectivity index (χ1n) is 4.76. The maximum atomic E-state index is 12.5. The van der Waals surface area contributed by atoms with E-state index in [2.05, 4.69) is 4.98 Å². The number of rotatable bonds is 1. The van der Waals surface area contributed by atoms with E-state index >= 15 is 0 Å². The van der Waals surface area contributed by atoms with E-state index in [1.54, 1.807) is 12.1 Å². The highest BCUT2D eigenvalue weighted by Gasteiger charge is 2.30. The predicted octanol–water partition coefficient (Wildman–Crippen LogP) is 4.42. The van der Waals surface area contributed by atoms with Gasteiger partial charge in [0.2, 0.25) is 0 Å². The third kappa shape index (κ3) is 2.77. The van der Waals surface area contributed by atoms with Gasteiger partial charge in [-0.1, -0.05) is 23.7 Å². The Hall–Kier alpha value is -1.55. The fourth-order valence-electron chi connectivity index (χ4n) is 1.42. The van der Waals surface area contributed by atoms with Gasteiger partial charge in [-0.25, -0.2) is 0 Å². The first-order chi connectivity index (χ1) is 7.97. The highest BCUT2D eigenvalue weighted by atomic mass is 35.5. The van der Waals surface area contributed by atoms with Gasteiger partial charge in [0.15, 0.2) is 0 Å². The summed E-state index contributed by atoms with van der Waals surface area (Å²) in [5, 5.41) is 0.437. The molecule has 1 aromatic heterocycles. The van der Waals surface area contributed by atoms with Crippen molar-refractivity contribution in [3.05, 3.63) is 53.2 Å². The third-order valence-corrected chi connectivity index (χ3v) is 2.44. The highest BCUT2D eigenvalue weighted by Crippen LogP contribution is 2.31. The summed E-state index contributed by atoms with van der Waals surface area (Å²) >= 11 is 5.76. The van der Waals surface area contributed by atoms with Crippen LogP contribution < -0.4 is 0 Å². The minimum atomic E-state index is -4.35. The summed E-state index contributed by atoms with van der Waals surface area (Å²) in [4.78, 5) is 3.98. The van der Waals surface area contributed by atoms with Crippen LogP contribution in [0.3, 0.4) is 0 Å². The number of nitrogens with zero attached hydrogens (tertiary/aromatic N) is 1. The van der Waals surface area contributed by atoms with Crippen LogP contribution in [0, 0.1) is 0 Å². The van der Waals surface area contributed by atoms with Crippen LogP contribution in [0.1, 0.15) is 5.56 Å². The molecule has 2 aromatic rings. The Kier molecular flexibility index (Phi) is 3.07. The molecule has 0 saturated carbocycles. The number of alkyl halides is 3. The molecule has 0 radical (unpaired) electrons. The molecule has 0 atom stereocenters. The summed E-state index contributed by atoms with van der Waals surface area (Å²) in [5.41, 5.74) is 0.114. The summed E-state index contributed by atoms with van der Waals surface area (Å²) in [5.74, 6) is 0.